The van der Waals surface area contributed by atoms with Crippen LogP contribution in [0.4, 0.5) is 0 Å². The highest BCUT2D eigenvalue weighted by molar-refractivity contribution is 5.82. The third-order valence-corrected chi connectivity index (χ3v) is 7.92. The van der Waals surface area contributed by atoms with Gasteiger partial charge in [-0.15, -0.1) is 0 Å². The molecule has 0 spiro atoms. The summed E-state index contributed by atoms with van der Waals surface area (Å²) >= 11 is 0. The van der Waals surface area contributed by atoms with E-state index in [-0.39, 0.29) is 11.3 Å². The predicted molar refractivity (Wildman–Crippen MR) is 125 cm³/mol. The van der Waals surface area contributed by atoms with E-state index in [1.807, 2.05) is 29.0 Å². The summed E-state index contributed by atoms with van der Waals surface area (Å²) in [5, 5.41) is 0. The van der Waals surface area contributed by atoms with Crippen molar-refractivity contribution in [3.8, 4) is 5.75 Å². The van der Waals surface area contributed by atoms with Crippen molar-refractivity contribution in [3.05, 3.63) is 29.8 Å². The number of amides is 2. The Balaban J connectivity index is 1.30. The van der Waals surface area contributed by atoms with Crippen molar-refractivity contribution in [3.63, 3.8) is 0 Å². The van der Waals surface area contributed by atoms with Crippen LogP contribution in [0.3, 0.4) is 0 Å². The molecule has 1 aromatic carbocycles. The zero-order chi connectivity index (χ0) is 22.6. The second-order valence-corrected chi connectivity index (χ2v) is 10.1. The Bertz CT molecular complexity index is 805. The quantitative estimate of drug-likeness (QED) is 0.649. The van der Waals surface area contributed by atoms with Crippen molar-refractivity contribution in [1.82, 2.24) is 14.7 Å². The van der Waals surface area contributed by atoms with Gasteiger partial charge in [0.25, 0.3) is 0 Å². The molecule has 3 aliphatic heterocycles. The molecule has 2 amide bonds. The van der Waals surface area contributed by atoms with Crippen molar-refractivity contribution in [2.45, 2.75) is 58.4 Å². The van der Waals surface area contributed by atoms with Crippen LogP contribution in [0.15, 0.2) is 24.3 Å². The smallest absolute Gasteiger partial charge is 0.228 e. The van der Waals surface area contributed by atoms with Gasteiger partial charge in [0, 0.05) is 44.1 Å². The summed E-state index contributed by atoms with van der Waals surface area (Å²) in [6, 6.07) is 8.27. The molecule has 0 aliphatic carbocycles. The third kappa shape index (κ3) is 5.11. The Hall–Kier alpha value is -2.08. The lowest BCUT2D eigenvalue weighted by atomic mass is 9.69. The van der Waals surface area contributed by atoms with E-state index < -0.39 is 0 Å². The number of carbonyl (C=O) groups excluding carboxylic acids is 2. The highest BCUT2D eigenvalue weighted by atomic mass is 16.5. The molecule has 1 aromatic rings. The Morgan fingerprint density at radius 2 is 1.81 bits per heavy atom. The number of benzene rings is 1. The molecule has 6 heteroatoms. The molecule has 0 N–H and O–H groups in total. The van der Waals surface area contributed by atoms with Gasteiger partial charge in [0.15, 0.2) is 0 Å². The minimum Gasteiger partial charge on any atom is -0.491 e. The molecule has 3 aliphatic rings. The molecule has 6 nitrogen and oxygen atoms in total. The van der Waals surface area contributed by atoms with Gasteiger partial charge in [-0.1, -0.05) is 31.5 Å². The summed E-state index contributed by atoms with van der Waals surface area (Å²) < 4.78 is 6.09. The van der Waals surface area contributed by atoms with E-state index in [9.17, 15) is 9.59 Å². The normalized spacial score (nSPS) is 25.9. The standard InChI is InChI=1S/C26H39N3O3/c1-26(13-5-6-14-27(2)25(26)31)22-11-16-28(17-12-22)20-21-8-3-4-9-23(21)32-19-18-29-15-7-10-24(29)30/h3-4,8-9,22H,5-7,10-20H2,1-2H3. The molecule has 4 rings (SSSR count). The molecule has 3 saturated heterocycles. The molecule has 0 bridgehead atoms. The topological polar surface area (TPSA) is 53.1 Å². The number of rotatable bonds is 7. The number of nitrogens with zero attached hydrogens (tertiary/aromatic N) is 3. The monoisotopic (exact) mass is 441 g/mol. The number of carbonyl (C=O) groups is 2. The summed E-state index contributed by atoms with van der Waals surface area (Å²) in [5.74, 6) is 1.99. The average Bonchev–Trinajstić information content (AvgIpc) is 3.16. The number of ether oxygens (including phenoxy) is 1. The van der Waals surface area contributed by atoms with Crippen molar-refractivity contribution < 1.29 is 14.3 Å². The van der Waals surface area contributed by atoms with Crippen LogP contribution in [0.2, 0.25) is 0 Å². The van der Waals surface area contributed by atoms with Gasteiger partial charge in [-0.05, 0) is 57.2 Å². The van der Waals surface area contributed by atoms with Gasteiger partial charge in [-0.25, -0.2) is 0 Å². The number of piperidine rings is 1. The van der Waals surface area contributed by atoms with Gasteiger partial charge in [-0.2, -0.15) is 0 Å². The van der Waals surface area contributed by atoms with E-state index in [4.69, 9.17) is 4.74 Å². The Kier molecular flexibility index (Phi) is 7.39. The van der Waals surface area contributed by atoms with Crippen LogP contribution in [0.5, 0.6) is 5.75 Å². The molecule has 0 saturated carbocycles. The van der Waals surface area contributed by atoms with E-state index in [2.05, 4.69) is 24.0 Å². The maximum atomic E-state index is 13.1. The molecule has 3 heterocycles. The van der Waals surface area contributed by atoms with Crippen molar-refractivity contribution in [2.24, 2.45) is 11.3 Å². The molecule has 3 fully saturated rings. The first-order valence-electron chi connectivity index (χ1n) is 12.4. The first-order valence-corrected chi connectivity index (χ1v) is 12.4. The lowest BCUT2D eigenvalue weighted by Gasteiger charge is -2.42. The number of hydrogen-bond acceptors (Lipinski definition) is 4. The van der Waals surface area contributed by atoms with Gasteiger partial charge < -0.3 is 14.5 Å². The summed E-state index contributed by atoms with van der Waals surface area (Å²) in [5.41, 5.74) is 1.00. The van der Waals surface area contributed by atoms with E-state index in [1.54, 1.807) is 0 Å². The second-order valence-electron chi connectivity index (χ2n) is 10.1. The van der Waals surface area contributed by atoms with Crippen LogP contribution < -0.4 is 4.74 Å². The molecule has 32 heavy (non-hydrogen) atoms. The van der Waals surface area contributed by atoms with E-state index in [0.717, 1.165) is 77.0 Å². The molecular weight excluding hydrogens is 402 g/mol. The van der Waals surface area contributed by atoms with Gasteiger partial charge in [-0.3, -0.25) is 14.5 Å². The van der Waals surface area contributed by atoms with Crippen molar-refractivity contribution in [2.75, 3.05) is 46.4 Å². The largest absolute Gasteiger partial charge is 0.491 e. The van der Waals surface area contributed by atoms with Crippen LogP contribution in [-0.2, 0) is 16.1 Å². The SMILES string of the molecule is CN1CCCCC(C)(C2CCN(Cc3ccccc3OCCN3CCCC3=O)CC2)C1=O. The summed E-state index contributed by atoms with van der Waals surface area (Å²) in [6.07, 6.45) is 7.10. The fraction of sp³-hybridized carbons (Fsp3) is 0.692. The van der Waals surface area contributed by atoms with Crippen molar-refractivity contribution >= 4 is 11.8 Å². The minimum absolute atomic E-state index is 0.203. The summed E-state index contributed by atoms with van der Waals surface area (Å²) in [7, 11) is 1.97. The number of hydrogen-bond donors (Lipinski definition) is 0. The third-order valence-electron chi connectivity index (χ3n) is 7.92. The predicted octanol–water partition coefficient (Wildman–Crippen LogP) is 3.55. The highest BCUT2D eigenvalue weighted by Gasteiger charge is 2.44. The van der Waals surface area contributed by atoms with Crippen LogP contribution >= 0.6 is 0 Å². The maximum absolute atomic E-state index is 13.1. The zero-order valence-corrected chi connectivity index (χ0v) is 19.9. The van der Waals surface area contributed by atoms with Crippen LogP contribution in [0, 0.1) is 11.3 Å². The Morgan fingerprint density at radius 1 is 1.03 bits per heavy atom. The summed E-state index contributed by atoms with van der Waals surface area (Å²) in [4.78, 5) is 31.2. The molecule has 1 atom stereocenters. The van der Waals surface area contributed by atoms with Crippen LogP contribution in [-0.4, -0.2) is 72.9 Å². The van der Waals surface area contributed by atoms with Crippen LogP contribution in [0.25, 0.3) is 0 Å². The van der Waals surface area contributed by atoms with E-state index in [0.29, 0.717) is 31.4 Å². The van der Waals surface area contributed by atoms with E-state index in [1.165, 1.54) is 5.56 Å². The van der Waals surface area contributed by atoms with Crippen LogP contribution in [0.1, 0.15) is 57.4 Å². The Morgan fingerprint density at radius 3 is 2.56 bits per heavy atom. The molecule has 1 unspecified atom stereocenters. The van der Waals surface area contributed by atoms with Gasteiger partial charge in [0.05, 0.1) is 6.54 Å². The highest BCUT2D eigenvalue weighted by Crippen LogP contribution is 2.42. The van der Waals surface area contributed by atoms with E-state index >= 15 is 0 Å². The lowest BCUT2D eigenvalue weighted by molar-refractivity contribution is -0.143. The zero-order valence-electron chi connectivity index (χ0n) is 19.9. The fourth-order valence-electron chi connectivity index (χ4n) is 5.82. The van der Waals surface area contributed by atoms with Gasteiger partial charge >= 0.3 is 0 Å². The second kappa shape index (κ2) is 10.2. The lowest BCUT2D eigenvalue weighted by Crippen LogP contribution is -2.47. The Labute approximate surface area is 192 Å². The van der Waals surface area contributed by atoms with Crippen molar-refractivity contribution in [1.29, 1.82) is 0 Å². The van der Waals surface area contributed by atoms with Gasteiger partial charge in [0.2, 0.25) is 11.8 Å². The average molecular weight is 442 g/mol. The molecule has 176 valence electrons. The van der Waals surface area contributed by atoms with Gasteiger partial charge in [0.1, 0.15) is 12.4 Å². The molecule has 0 aromatic heterocycles. The fourth-order valence-corrected chi connectivity index (χ4v) is 5.82. The number of likely N-dealkylation sites (tertiary alicyclic amines) is 3. The first-order chi connectivity index (χ1) is 15.5. The number of para-hydroxylation sites is 1. The first kappa shape index (κ1) is 23.1. The maximum Gasteiger partial charge on any atom is 0.228 e. The summed E-state index contributed by atoms with van der Waals surface area (Å²) in [6.45, 7) is 8.09. The minimum atomic E-state index is -0.203. The molecular formula is C26H39N3O3. The molecule has 0 radical (unpaired) electrons.